The Balaban J connectivity index is 1.35. The number of hydrogen-bond donors (Lipinski definition) is 1. The molecule has 0 aromatic heterocycles. The van der Waals surface area contributed by atoms with Crippen molar-refractivity contribution in [1.29, 1.82) is 0 Å². The first kappa shape index (κ1) is 39.7. The van der Waals surface area contributed by atoms with Gasteiger partial charge >= 0.3 is 24.0 Å². The van der Waals surface area contributed by atoms with E-state index in [-0.39, 0.29) is 51.5 Å². The molecule has 0 aliphatic heterocycles. The molecule has 0 aromatic rings. The van der Waals surface area contributed by atoms with Crippen molar-refractivity contribution < 1.29 is 47.7 Å². The van der Waals surface area contributed by atoms with Gasteiger partial charge in [0.05, 0.1) is 6.61 Å². The molecule has 0 bridgehead atoms. The second kappa shape index (κ2) is 13.7. The highest BCUT2D eigenvalue weighted by atomic mass is 16.6. The summed E-state index contributed by atoms with van der Waals surface area (Å²) in [5.41, 5.74) is -1.09. The van der Waals surface area contributed by atoms with E-state index in [1.807, 2.05) is 13.0 Å². The van der Waals surface area contributed by atoms with Crippen molar-refractivity contribution in [2.75, 3.05) is 13.2 Å². The van der Waals surface area contributed by atoms with E-state index in [4.69, 9.17) is 18.9 Å². The van der Waals surface area contributed by atoms with Crippen LogP contribution in [-0.4, -0.2) is 66.5 Å². The molecular weight excluding hydrogens is 666 g/mol. The van der Waals surface area contributed by atoms with Gasteiger partial charge in [-0.2, -0.15) is 0 Å². The molecule has 52 heavy (non-hydrogen) atoms. The maximum atomic E-state index is 14.2. The molecular formula is C41H59NO10. The second-order valence-corrected chi connectivity index (χ2v) is 18.1. The van der Waals surface area contributed by atoms with Crippen LogP contribution in [0.5, 0.6) is 0 Å². The van der Waals surface area contributed by atoms with Gasteiger partial charge in [0.15, 0.2) is 17.7 Å². The number of allylic oxidation sites excluding steroid dienone is 2. The molecule has 5 aliphatic carbocycles. The minimum atomic E-state index is -1.20. The summed E-state index contributed by atoms with van der Waals surface area (Å²) in [4.78, 5) is 76.5. The lowest BCUT2D eigenvalue weighted by Gasteiger charge is -2.61. The van der Waals surface area contributed by atoms with Crippen LogP contribution in [0, 0.1) is 57.2 Å². The molecule has 0 heterocycles. The van der Waals surface area contributed by atoms with Crippen LogP contribution in [0.1, 0.15) is 108 Å². The predicted octanol–water partition coefficient (Wildman–Crippen LogP) is 6.32. The van der Waals surface area contributed by atoms with Crippen molar-refractivity contribution in [3.8, 4) is 0 Å². The zero-order valence-corrected chi connectivity index (χ0v) is 32.7. The molecule has 288 valence electrons. The SMILES string of the molecule is C=C(C(=O)[C@H](OC(C)=O)[C@@H](C)[C@H]1[C@@H](OC(C)=O)C[C@@]2(C)[C@@H]3CC[C@H]4[C@H](C)C(=O)C=C[C@@]45C[C@@]35CC[C@]12C)[C@@H](C)COC(=O)CNC(=O)OC(C)(C)C. The van der Waals surface area contributed by atoms with Crippen molar-refractivity contribution in [2.45, 2.75) is 126 Å². The Kier molecular flexibility index (Phi) is 10.5. The predicted molar refractivity (Wildman–Crippen MR) is 191 cm³/mol. The van der Waals surface area contributed by atoms with Crippen LogP contribution in [-0.2, 0) is 42.9 Å². The van der Waals surface area contributed by atoms with Gasteiger partial charge in [-0.25, -0.2) is 4.79 Å². The number of nitrogens with one attached hydrogen (secondary N) is 1. The Morgan fingerprint density at radius 2 is 1.69 bits per heavy atom. The van der Waals surface area contributed by atoms with E-state index in [0.29, 0.717) is 18.3 Å². The number of Topliss-reactive ketones (excluding diaryl/α,β-unsaturated/α-hetero) is 1. The normalized spacial score (nSPS) is 37.4. The summed E-state index contributed by atoms with van der Waals surface area (Å²) in [7, 11) is 0. The highest BCUT2D eigenvalue weighted by Gasteiger charge is 2.81. The Hall–Kier alpha value is -3.50. The van der Waals surface area contributed by atoms with E-state index in [9.17, 15) is 28.8 Å². The maximum absolute atomic E-state index is 14.2. The van der Waals surface area contributed by atoms with Gasteiger partial charge in [-0.1, -0.05) is 47.3 Å². The number of carbonyl (C=O) groups is 6. The van der Waals surface area contributed by atoms with Crippen LogP contribution in [0.2, 0.25) is 0 Å². The summed E-state index contributed by atoms with van der Waals surface area (Å²) >= 11 is 0. The molecule has 4 fully saturated rings. The van der Waals surface area contributed by atoms with Crippen molar-refractivity contribution >= 4 is 35.6 Å². The number of esters is 3. The highest BCUT2D eigenvalue weighted by Crippen LogP contribution is 2.87. The van der Waals surface area contributed by atoms with Crippen LogP contribution < -0.4 is 5.32 Å². The van der Waals surface area contributed by atoms with Crippen molar-refractivity contribution in [3.05, 3.63) is 24.3 Å². The summed E-state index contributed by atoms with van der Waals surface area (Å²) in [6.45, 7) is 21.5. The van der Waals surface area contributed by atoms with E-state index in [0.717, 1.165) is 32.1 Å². The van der Waals surface area contributed by atoms with Gasteiger partial charge < -0.3 is 24.3 Å². The number of ketones is 2. The third-order valence-corrected chi connectivity index (χ3v) is 14.1. The number of ether oxygens (including phenoxy) is 4. The standard InChI is InChI=1S/C41H59NO10/c1-22(20-49-32(46)19-42-36(48)52-37(7,8)9)23(2)34(47)35(51-27(6)44)25(4)33-30(50-26(5)43)18-39(11)31-13-12-28-24(3)29(45)14-15-40(28)21-41(31,40)17-16-38(33,39)10/h14-15,22,24-25,28,30-31,33,35H,2,12-13,16-21H2,1,3-11H3,(H,42,48)/t22-,24-,25-,28-,30-,31-,33-,35+,38+,39-,40+,41-/m0/s1. The fourth-order valence-corrected chi connectivity index (χ4v) is 11.7. The molecule has 12 atom stereocenters. The number of amides is 1. The molecule has 0 aromatic carbocycles. The largest absolute Gasteiger partial charge is 0.464 e. The van der Waals surface area contributed by atoms with Crippen molar-refractivity contribution in [2.24, 2.45) is 57.2 Å². The van der Waals surface area contributed by atoms with Gasteiger partial charge in [-0.15, -0.1) is 0 Å². The Labute approximate surface area is 308 Å². The molecule has 11 nitrogen and oxygen atoms in total. The first-order valence-corrected chi connectivity index (χ1v) is 19.0. The number of hydrogen-bond acceptors (Lipinski definition) is 10. The average Bonchev–Trinajstić information content (AvgIpc) is 3.65. The Bertz CT molecular complexity index is 1560. The number of rotatable bonds is 11. The zero-order chi connectivity index (χ0) is 38.8. The van der Waals surface area contributed by atoms with Crippen LogP contribution in [0.3, 0.4) is 0 Å². The highest BCUT2D eigenvalue weighted by molar-refractivity contribution is 6.00. The lowest BCUT2D eigenvalue weighted by atomic mass is 9.43. The minimum absolute atomic E-state index is 0.0139. The first-order chi connectivity index (χ1) is 24.0. The quantitative estimate of drug-likeness (QED) is 0.146. The summed E-state index contributed by atoms with van der Waals surface area (Å²) in [5, 5.41) is 2.35. The molecule has 5 aliphatic rings. The van der Waals surface area contributed by atoms with Gasteiger partial charge in [0.2, 0.25) is 0 Å². The van der Waals surface area contributed by atoms with Gasteiger partial charge in [0.25, 0.3) is 0 Å². The fraction of sp³-hybridized carbons (Fsp3) is 0.756. The van der Waals surface area contributed by atoms with E-state index in [1.54, 1.807) is 27.7 Å². The molecule has 0 unspecified atom stereocenters. The zero-order valence-electron chi connectivity index (χ0n) is 32.7. The summed E-state index contributed by atoms with van der Waals surface area (Å²) in [6, 6.07) is 0. The first-order valence-electron chi connectivity index (χ1n) is 19.0. The average molecular weight is 726 g/mol. The fourth-order valence-electron chi connectivity index (χ4n) is 11.7. The maximum Gasteiger partial charge on any atom is 0.408 e. The van der Waals surface area contributed by atoms with E-state index >= 15 is 0 Å². The third-order valence-electron chi connectivity index (χ3n) is 14.1. The lowest BCUT2D eigenvalue weighted by Crippen LogP contribution is -2.56. The van der Waals surface area contributed by atoms with E-state index in [1.165, 1.54) is 13.8 Å². The number of fused-ring (bicyclic) bond motifs is 2. The molecule has 0 radical (unpaired) electrons. The van der Waals surface area contributed by atoms with Gasteiger partial charge in [-0.05, 0) is 104 Å². The lowest BCUT2D eigenvalue weighted by molar-refractivity contribution is -0.166. The topological polar surface area (TPSA) is 151 Å². The molecule has 11 heteroatoms. The van der Waals surface area contributed by atoms with Crippen LogP contribution in [0.25, 0.3) is 0 Å². The Morgan fingerprint density at radius 1 is 1.02 bits per heavy atom. The molecule has 1 N–H and O–H groups in total. The molecule has 0 saturated heterocycles. The molecule has 5 rings (SSSR count). The summed E-state index contributed by atoms with van der Waals surface area (Å²) in [5.74, 6) is -2.74. The van der Waals surface area contributed by atoms with Crippen LogP contribution in [0.15, 0.2) is 24.3 Å². The smallest absolute Gasteiger partial charge is 0.408 e. The molecule has 1 amide bonds. The van der Waals surface area contributed by atoms with Crippen LogP contribution in [0.4, 0.5) is 4.79 Å². The van der Waals surface area contributed by atoms with E-state index in [2.05, 4.69) is 38.7 Å². The summed E-state index contributed by atoms with van der Waals surface area (Å²) < 4.78 is 22.4. The number of alkyl carbamates (subject to hydrolysis) is 1. The molecule has 4 saturated carbocycles. The summed E-state index contributed by atoms with van der Waals surface area (Å²) in [6.07, 6.45) is 7.09. The Morgan fingerprint density at radius 3 is 2.31 bits per heavy atom. The monoisotopic (exact) mass is 725 g/mol. The van der Waals surface area contributed by atoms with Gasteiger partial charge in [-0.3, -0.25) is 24.0 Å². The van der Waals surface area contributed by atoms with Crippen LogP contribution >= 0.6 is 0 Å². The second-order valence-electron chi connectivity index (χ2n) is 18.1. The number of carbonyl (C=O) groups excluding carboxylic acids is 6. The molecule has 2 spiro atoms. The minimum Gasteiger partial charge on any atom is -0.464 e. The third kappa shape index (κ3) is 6.63. The van der Waals surface area contributed by atoms with E-state index < -0.39 is 66.0 Å². The van der Waals surface area contributed by atoms with Crippen molar-refractivity contribution in [3.63, 3.8) is 0 Å². The van der Waals surface area contributed by atoms with Crippen molar-refractivity contribution in [1.82, 2.24) is 5.32 Å². The van der Waals surface area contributed by atoms with Gasteiger partial charge in [0.1, 0.15) is 18.2 Å². The van der Waals surface area contributed by atoms with Gasteiger partial charge in [0, 0.05) is 37.5 Å².